The zero-order valence-corrected chi connectivity index (χ0v) is 13.8. The number of rotatable bonds is 1. The minimum atomic E-state index is 1.04. The maximum atomic E-state index is 4.75. The highest BCUT2D eigenvalue weighted by molar-refractivity contribution is 5.96. The van der Waals surface area contributed by atoms with Gasteiger partial charge >= 0.3 is 0 Å². The van der Waals surface area contributed by atoms with Crippen molar-refractivity contribution in [3.63, 3.8) is 0 Å². The standard InChI is InChI=1S/C21H22N2/c1-23(2)19-13-14-22-21-18-10-8-16-5-3-15(4-6-16)7-9-17(11-12-18)20(19)21/h3-6,11-14H,7-10H2,1-2H3. The fourth-order valence-corrected chi connectivity index (χ4v) is 3.59. The number of aromatic nitrogens is 1. The molecule has 4 aliphatic rings. The van der Waals surface area contributed by atoms with Gasteiger partial charge in [-0.15, -0.1) is 0 Å². The molecule has 3 aromatic rings. The fourth-order valence-electron chi connectivity index (χ4n) is 3.59. The second-order valence-corrected chi connectivity index (χ2v) is 6.65. The molecule has 4 bridgehead atoms. The number of hydrogen-bond acceptors (Lipinski definition) is 2. The van der Waals surface area contributed by atoms with Crippen molar-refractivity contribution in [2.24, 2.45) is 0 Å². The van der Waals surface area contributed by atoms with Crippen LogP contribution in [0, 0.1) is 0 Å². The topological polar surface area (TPSA) is 16.1 Å². The third-order valence-corrected chi connectivity index (χ3v) is 4.91. The highest BCUT2D eigenvalue weighted by Crippen LogP contribution is 2.31. The average Bonchev–Trinajstić information content (AvgIpc) is 2.56. The smallest absolute Gasteiger partial charge is 0.0757 e. The lowest BCUT2D eigenvalue weighted by Crippen LogP contribution is -2.11. The van der Waals surface area contributed by atoms with Gasteiger partial charge in [-0.1, -0.05) is 36.4 Å². The molecule has 1 aromatic heterocycles. The van der Waals surface area contributed by atoms with Crippen molar-refractivity contribution < 1.29 is 0 Å². The Balaban J connectivity index is 1.94. The van der Waals surface area contributed by atoms with Gasteiger partial charge in [-0.3, -0.25) is 4.98 Å². The summed E-state index contributed by atoms with van der Waals surface area (Å²) in [4.78, 5) is 6.95. The van der Waals surface area contributed by atoms with Gasteiger partial charge in [0.1, 0.15) is 0 Å². The SMILES string of the molecule is CN(C)c1ccnc2c3ccc(c12)CCc1ccc(cc1)CC3. The van der Waals surface area contributed by atoms with Crippen molar-refractivity contribution >= 4 is 16.6 Å². The predicted molar refractivity (Wildman–Crippen MR) is 97.3 cm³/mol. The quantitative estimate of drug-likeness (QED) is 0.670. The van der Waals surface area contributed by atoms with E-state index in [0.29, 0.717) is 0 Å². The zero-order chi connectivity index (χ0) is 15.8. The molecule has 0 radical (unpaired) electrons. The Morgan fingerprint density at radius 2 is 1.35 bits per heavy atom. The van der Waals surface area contributed by atoms with Crippen molar-refractivity contribution in [3.05, 3.63) is 70.9 Å². The van der Waals surface area contributed by atoms with E-state index in [9.17, 15) is 0 Å². The molecule has 0 unspecified atom stereocenters. The van der Waals surface area contributed by atoms with Crippen LogP contribution in [0.5, 0.6) is 0 Å². The Morgan fingerprint density at radius 1 is 0.739 bits per heavy atom. The molecule has 0 saturated carbocycles. The lowest BCUT2D eigenvalue weighted by molar-refractivity contribution is 0.930. The van der Waals surface area contributed by atoms with Gasteiger partial charge in [0.2, 0.25) is 0 Å². The highest BCUT2D eigenvalue weighted by Gasteiger charge is 2.14. The molecule has 23 heavy (non-hydrogen) atoms. The number of nitrogens with zero attached hydrogens (tertiary/aromatic N) is 2. The summed E-state index contributed by atoms with van der Waals surface area (Å²) >= 11 is 0. The van der Waals surface area contributed by atoms with Crippen LogP contribution >= 0.6 is 0 Å². The van der Waals surface area contributed by atoms with Crippen LogP contribution in [0.15, 0.2) is 48.7 Å². The maximum Gasteiger partial charge on any atom is 0.0757 e. The largest absolute Gasteiger partial charge is 0.377 e. The summed E-state index contributed by atoms with van der Waals surface area (Å²) < 4.78 is 0. The van der Waals surface area contributed by atoms with E-state index in [1.165, 1.54) is 38.8 Å². The van der Waals surface area contributed by atoms with Crippen LogP contribution in [0.1, 0.15) is 22.3 Å². The maximum absolute atomic E-state index is 4.75. The van der Waals surface area contributed by atoms with E-state index in [4.69, 9.17) is 4.98 Å². The molecule has 0 fully saturated rings. The first-order valence-electron chi connectivity index (χ1n) is 8.37. The average molecular weight is 302 g/mol. The van der Waals surface area contributed by atoms with Crippen molar-refractivity contribution in [1.29, 1.82) is 0 Å². The van der Waals surface area contributed by atoms with Gasteiger partial charge in [-0.05, 0) is 54.0 Å². The summed E-state index contributed by atoms with van der Waals surface area (Å²) in [5, 5.41) is 1.34. The Hall–Kier alpha value is -2.35. The van der Waals surface area contributed by atoms with Crippen molar-refractivity contribution in [2.75, 3.05) is 19.0 Å². The van der Waals surface area contributed by atoms with Crippen molar-refractivity contribution in [2.45, 2.75) is 25.7 Å². The van der Waals surface area contributed by atoms with Gasteiger partial charge in [-0.2, -0.15) is 0 Å². The molecule has 7 rings (SSSR count). The Labute approximate surface area is 137 Å². The molecule has 0 N–H and O–H groups in total. The van der Waals surface area contributed by atoms with E-state index in [0.717, 1.165) is 25.7 Å². The molecule has 1 heterocycles. The molecule has 0 atom stereocenters. The van der Waals surface area contributed by atoms with E-state index < -0.39 is 0 Å². The third kappa shape index (κ3) is 2.59. The molecule has 2 nitrogen and oxygen atoms in total. The van der Waals surface area contributed by atoms with Crippen LogP contribution in [0.2, 0.25) is 0 Å². The molecule has 0 saturated heterocycles. The number of benzene rings is 2. The van der Waals surface area contributed by atoms with E-state index in [1.54, 1.807) is 0 Å². The first-order valence-corrected chi connectivity index (χ1v) is 8.37. The van der Waals surface area contributed by atoms with E-state index in [1.807, 2.05) is 6.20 Å². The monoisotopic (exact) mass is 302 g/mol. The van der Waals surface area contributed by atoms with Crippen molar-refractivity contribution in [3.8, 4) is 0 Å². The number of pyridine rings is 1. The second kappa shape index (κ2) is 5.69. The van der Waals surface area contributed by atoms with Gasteiger partial charge < -0.3 is 4.90 Å². The molecular weight excluding hydrogens is 280 g/mol. The second-order valence-electron chi connectivity index (χ2n) is 6.65. The third-order valence-electron chi connectivity index (χ3n) is 4.91. The van der Waals surface area contributed by atoms with Crippen LogP contribution in [0.25, 0.3) is 10.9 Å². The van der Waals surface area contributed by atoms with Crippen LogP contribution in [-0.4, -0.2) is 19.1 Å². The first kappa shape index (κ1) is 14.3. The van der Waals surface area contributed by atoms with E-state index in [-0.39, 0.29) is 0 Å². The highest BCUT2D eigenvalue weighted by atomic mass is 15.1. The minimum absolute atomic E-state index is 1.04. The molecule has 2 heteroatoms. The normalized spacial score (nSPS) is 13.8. The summed E-state index contributed by atoms with van der Waals surface area (Å²) in [7, 11) is 4.23. The molecule has 0 amide bonds. The van der Waals surface area contributed by atoms with Crippen LogP contribution in [0.4, 0.5) is 5.69 Å². The molecule has 2 aromatic carbocycles. The molecule has 0 spiro atoms. The zero-order valence-electron chi connectivity index (χ0n) is 13.8. The van der Waals surface area contributed by atoms with Crippen molar-refractivity contribution in [1.82, 2.24) is 4.98 Å². The summed E-state index contributed by atoms with van der Waals surface area (Å²) in [6.07, 6.45) is 6.20. The van der Waals surface area contributed by atoms with Crippen LogP contribution in [-0.2, 0) is 25.7 Å². The number of anilines is 1. The summed E-state index contributed by atoms with van der Waals surface area (Å²) in [6, 6.07) is 15.9. The molecule has 4 aliphatic carbocycles. The van der Waals surface area contributed by atoms with Gasteiger partial charge in [0, 0.05) is 31.4 Å². The molecule has 0 aliphatic heterocycles. The van der Waals surface area contributed by atoms with Crippen LogP contribution < -0.4 is 4.90 Å². The van der Waals surface area contributed by atoms with E-state index in [2.05, 4.69) is 61.5 Å². The Kier molecular flexibility index (Phi) is 3.53. The van der Waals surface area contributed by atoms with Gasteiger partial charge in [-0.25, -0.2) is 0 Å². The molecular formula is C21H22N2. The van der Waals surface area contributed by atoms with Gasteiger partial charge in [0.05, 0.1) is 5.52 Å². The van der Waals surface area contributed by atoms with E-state index >= 15 is 0 Å². The van der Waals surface area contributed by atoms with Gasteiger partial charge in [0.15, 0.2) is 0 Å². The Morgan fingerprint density at radius 3 is 2.00 bits per heavy atom. The Bertz CT molecular complexity index is 848. The number of aryl methyl sites for hydroxylation is 4. The predicted octanol–water partition coefficient (Wildman–Crippen LogP) is 4.18. The lowest BCUT2D eigenvalue weighted by Gasteiger charge is -2.20. The fraction of sp³-hybridized carbons (Fsp3) is 0.286. The lowest BCUT2D eigenvalue weighted by atomic mass is 9.92. The number of hydrogen-bond donors (Lipinski definition) is 0. The summed E-state index contributed by atoms with van der Waals surface area (Å²) in [5.41, 5.74) is 8.06. The molecule has 116 valence electrons. The summed E-state index contributed by atoms with van der Waals surface area (Å²) in [6.45, 7) is 0. The first-order chi connectivity index (χ1) is 11.2. The minimum Gasteiger partial charge on any atom is -0.377 e. The summed E-state index contributed by atoms with van der Waals surface area (Å²) in [5.74, 6) is 0. The van der Waals surface area contributed by atoms with Crippen LogP contribution in [0.3, 0.4) is 0 Å². The van der Waals surface area contributed by atoms with Gasteiger partial charge in [0.25, 0.3) is 0 Å².